The van der Waals surface area contributed by atoms with Gasteiger partial charge in [0.2, 0.25) is 11.8 Å². The second-order valence-corrected chi connectivity index (χ2v) is 7.91. The monoisotopic (exact) mass is 401 g/mol. The van der Waals surface area contributed by atoms with E-state index in [4.69, 9.17) is 9.47 Å². The lowest BCUT2D eigenvalue weighted by Crippen LogP contribution is -2.61. The van der Waals surface area contributed by atoms with Gasteiger partial charge in [0.15, 0.2) is 0 Å². The van der Waals surface area contributed by atoms with E-state index in [0.29, 0.717) is 36.7 Å². The number of benzene rings is 1. The van der Waals surface area contributed by atoms with Gasteiger partial charge in [-0.3, -0.25) is 14.4 Å². The molecule has 0 aromatic heterocycles. The van der Waals surface area contributed by atoms with E-state index in [9.17, 15) is 14.4 Å². The average Bonchev–Trinajstić information content (AvgIpc) is 3.36. The lowest BCUT2D eigenvalue weighted by molar-refractivity contribution is -0.135. The van der Waals surface area contributed by atoms with Gasteiger partial charge in [-0.2, -0.15) is 0 Å². The molecule has 156 valence electrons. The number of nitrogens with zero attached hydrogens (tertiary/aromatic N) is 3. The van der Waals surface area contributed by atoms with Crippen molar-refractivity contribution in [1.29, 1.82) is 0 Å². The van der Waals surface area contributed by atoms with Crippen LogP contribution in [0.1, 0.15) is 29.6 Å². The van der Waals surface area contributed by atoms with Crippen molar-refractivity contribution >= 4 is 17.7 Å². The molecule has 3 aliphatic rings. The lowest BCUT2D eigenvalue weighted by Gasteiger charge is -2.44. The van der Waals surface area contributed by atoms with Crippen LogP contribution in [-0.4, -0.2) is 85.4 Å². The normalized spacial score (nSPS) is 22.1. The highest BCUT2D eigenvalue weighted by Gasteiger charge is 2.44. The number of amides is 3. The van der Waals surface area contributed by atoms with E-state index in [1.54, 1.807) is 35.1 Å². The molecular weight excluding hydrogens is 374 g/mol. The molecule has 1 aromatic rings. The van der Waals surface area contributed by atoms with Gasteiger partial charge in [-0.05, 0) is 25.0 Å². The molecule has 0 saturated carbocycles. The number of hydrogen-bond acceptors (Lipinski definition) is 5. The van der Waals surface area contributed by atoms with Crippen molar-refractivity contribution in [1.82, 2.24) is 14.7 Å². The Morgan fingerprint density at radius 1 is 1.00 bits per heavy atom. The van der Waals surface area contributed by atoms with Crippen molar-refractivity contribution in [3.8, 4) is 11.5 Å². The molecule has 3 fully saturated rings. The minimum Gasteiger partial charge on any atom is -0.497 e. The maximum absolute atomic E-state index is 12.8. The molecule has 29 heavy (non-hydrogen) atoms. The fourth-order valence-corrected chi connectivity index (χ4v) is 4.41. The molecule has 0 N–H and O–H groups in total. The van der Waals surface area contributed by atoms with Crippen molar-refractivity contribution in [3.63, 3.8) is 0 Å². The number of carbonyl (C=O) groups is 3. The number of carbonyl (C=O) groups excluding carboxylic acids is 3. The molecule has 3 amide bonds. The van der Waals surface area contributed by atoms with Gasteiger partial charge in [-0.1, -0.05) is 0 Å². The summed E-state index contributed by atoms with van der Waals surface area (Å²) in [5.41, 5.74) is 0.474. The zero-order chi connectivity index (χ0) is 20.5. The lowest BCUT2D eigenvalue weighted by atomic mass is 10.0. The van der Waals surface area contributed by atoms with E-state index >= 15 is 0 Å². The fourth-order valence-electron chi connectivity index (χ4n) is 4.41. The Morgan fingerprint density at radius 3 is 2.38 bits per heavy atom. The first-order valence-corrected chi connectivity index (χ1v) is 10.1. The first kappa shape index (κ1) is 19.5. The zero-order valence-electron chi connectivity index (χ0n) is 16.9. The molecule has 0 aliphatic carbocycles. The molecule has 4 rings (SSSR count). The van der Waals surface area contributed by atoms with Crippen LogP contribution in [0.25, 0.3) is 0 Å². The topological polar surface area (TPSA) is 79.4 Å². The maximum atomic E-state index is 12.8. The van der Waals surface area contributed by atoms with Crippen LogP contribution in [0.4, 0.5) is 0 Å². The van der Waals surface area contributed by atoms with Gasteiger partial charge in [0.25, 0.3) is 5.91 Å². The van der Waals surface area contributed by atoms with Gasteiger partial charge in [-0.15, -0.1) is 0 Å². The van der Waals surface area contributed by atoms with Gasteiger partial charge in [0.1, 0.15) is 11.5 Å². The molecule has 8 nitrogen and oxygen atoms in total. The van der Waals surface area contributed by atoms with Gasteiger partial charge in [0.05, 0.1) is 31.7 Å². The Morgan fingerprint density at radius 2 is 1.72 bits per heavy atom. The average molecular weight is 401 g/mol. The van der Waals surface area contributed by atoms with Crippen LogP contribution in [0.5, 0.6) is 11.5 Å². The third kappa shape index (κ3) is 3.63. The van der Waals surface area contributed by atoms with Crippen molar-refractivity contribution in [3.05, 3.63) is 23.8 Å². The van der Waals surface area contributed by atoms with Gasteiger partial charge >= 0.3 is 0 Å². The molecule has 1 aromatic carbocycles. The standard InChI is InChI=1S/C21H27N3O5/c1-28-16-5-6-17(18(10-16)29-2)21(27)23-12-15(13-23)24-11-14(9-19(24)25)20(26)22-7-3-4-8-22/h5-6,10,14-15H,3-4,7-9,11-13H2,1-2H3. The molecule has 1 atom stereocenters. The van der Waals surface area contributed by atoms with Crippen LogP contribution in [-0.2, 0) is 9.59 Å². The summed E-state index contributed by atoms with van der Waals surface area (Å²) >= 11 is 0. The Bertz CT molecular complexity index is 815. The molecule has 8 heteroatoms. The molecule has 1 unspecified atom stereocenters. The first-order valence-electron chi connectivity index (χ1n) is 10.1. The van der Waals surface area contributed by atoms with Gasteiger partial charge in [0, 0.05) is 45.2 Å². The van der Waals surface area contributed by atoms with Crippen molar-refractivity contribution < 1.29 is 23.9 Å². The molecule has 3 aliphatic heterocycles. The van der Waals surface area contributed by atoms with Crippen LogP contribution in [0.3, 0.4) is 0 Å². The van der Waals surface area contributed by atoms with Crippen molar-refractivity contribution in [2.24, 2.45) is 5.92 Å². The van der Waals surface area contributed by atoms with E-state index in [1.165, 1.54) is 7.11 Å². The summed E-state index contributed by atoms with van der Waals surface area (Å²) < 4.78 is 10.5. The van der Waals surface area contributed by atoms with Crippen LogP contribution in [0.2, 0.25) is 0 Å². The van der Waals surface area contributed by atoms with Crippen LogP contribution >= 0.6 is 0 Å². The van der Waals surface area contributed by atoms with E-state index in [0.717, 1.165) is 25.9 Å². The predicted molar refractivity (Wildman–Crippen MR) is 105 cm³/mol. The number of hydrogen-bond donors (Lipinski definition) is 0. The number of likely N-dealkylation sites (tertiary alicyclic amines) is 3. The third-order valence-electron chi connectivity index (χ3n) is 6.15. The summed E-state index contributed by atoms with van der Waals surface area (Å²) in [5.74, 6) is 0.835. The second kappa shape index (κ2) is 7.93. The number of rotatable bonds is 5. The Hall–Kier alpha value is -2.77. The minimum atomic E-state index is -0.243. The van der Waals surface area contributed by atoms with E-state index in [1.807, 2.05) is 4.90 Å². The highest BCUT2D eigenvalue weighted by atomic mass is 16.5. The smallest absolute Gasteiger partial charge is 0.257 e. The Kier molecular flexibility index (Phi) is 5.34. The third-order valence-corrected chi connectivity index (χ3v) is 6.15. The molecule has 3 saturated heterocycles. The van der Waals surface area contributed by atoms with E-state index in [2.05, 4.69) is 0 Å². The number of ether oxygens (including phenoxy) is 2. The second-order valence-electron chi connectivity index (χ2n) is 7.91. The van der Waals surface area contributed by atoms with Crippen LogP contribution in [0.15, 0.2) is 18.2 Å². The molecule has 0 radical (unpaired) electrons. The summed E-state index contributed by atoms with van der Waals surface area (Å²) in [4.78, 5) is 43.3. The van der Waals surface area contributed by atoms with Gasteiger partial charge < -0.3 is 24.2 Å². The number of methoxy groups -OCH3 is 2. The van der Waals surface area contributed by atoms with Crippen molar-refractivity contribution in [2.45, 2.75) is 25.3 Å². The first-order chi connectivity index (χ1) is 14.0. The summed E-state index contributed by atoms with van der Waals surface area (Å²) in [6.45, 7) is 3.03. The predicted octanol–water partition coefficient (Wildman–Crippen LogP) is 0.999. The molecule has 0 spiro atoms. The minimum absolute atomic E-state index is 0.0154. The molecule has 0 bridgehead atoms. The highest BCUT2D eigenvalue weighted by molar-refractivity contribution is 5.98. The van der Waals surface area contributed by atoms with Gasteiger partial charge in [-0.25, -0.2) is 0 Å². The maximum Gasteiger partial charge on any atom is 0.257 e. The Balaban J connectivity index is 1.35. The zero-order valence-corrected chi connectivity index (χ0v) is 16.9. The quantitative estimate of drug-likeness (QED) is 0.736. The Labute approximate surface area is 170 Å². The SMILES string of the molecule is COc1ccc(C(=O)N2CC(N3CC(C(=O)N4CCCC4)CC3=O)C2)c(OC)c1. The van der Waals surface area contributed by atoms with Crippen LogP contribution < -0.4 is 9.47 Å². The summed E-state index contributed by atoms with van der Waals surface area (Å²) in [6, 6.07) is 5.08. The van der Waals surface area contributed by atoms with E-state index < -0.39 is 0 Å². The summed E-state index contributed by atoms with van der Waals surface area (Å²) in [6.07, 6.45) is 2.38. The summed E-state index contributed by atoms with van der Waals surface area (Å²) in [7, 11) is 3.08. The molecular formula is C21H27N3O5. The molecule has 3 heterocycles. The van der Waals surface area contributed by atoms with E-state index in [-0.39, 0.29) is 36.1 Å². The van der Waals surface area contributed by atoms with Crippen molar-refractivity contribution in [2.75, 3.05) is 46.9 Å². The van der Waals surface area contributed by atoms with Crippen LogP contribution in [0, 0.1) is 5.92 Å². The fraction of sp³-hybridized carbons (Fsp3) is 0.571. The highest BCUT2D eigenvalue weighted by Crippen LogP contribution is 2.30. The summed E-state index contributed by atoms with van der Waals surface area (Å²) in [5, 5.41) is 0. The largest absolute Gasteiger partial charge is 0.497 e.